The van der Waals surface area contributed by atoms with Crippen LogP contribution in [0.25, 0.3) is 0 Å². The molecule has 25 heavy (non-hydrogen) atoms. The maximum Gasteiger partial charge on any atom is 0.230 e. The van der Waals surface area contributed by atoms with E-state index in [1.165, 1.54) is 5.56 Å². The smallest absolute Gasteiger partial charge is 0.230 e. The predicted octanol–water partition coefficient (Wildman–Crippen LogP) is 2.09. The van der Waals surface area contributed by atoms with Crippen molar-refractivity contribution in [3.05, 3.63) is 63.5 Å². The van der Waals surface area contributed by atoms with Crippen molar-refractivity contribution >= 4 is 5.91 Å². The van der Waals surface area contributed by atoms with Gasteiger partial charge in [0.25, 0.3) is 0 Å². The first-order valence-electron chi connectivity index (χ1n) is 8.66. The summed E-state index contributed by atoms with van der Waals surface area (Å²) in [7, 11) is 0. The first-order chi connectivity index (χ1) is 12.1. The van der Waals surface area contributed by atoms with Crippen LogP contribution in [0.2, 0.25) is 0 Å². The largest absolute Gasteiger partial charge is 0.349 e. The number of carbonyl (C=O) groups excluding carboxylic acids is 1. The summed E-state index contributed by atoms with van der Waals surface area (Å²) in [5, 5.41) is 18.3. The molecule has 1 aromatic heterocycles. The zero-order valence-electron chi connectivity index (χ0n) is 13.8. The quantitative estimate of drug-likeness (QED) is 0.666. The van der Waals surface area contributed by atoms with Gasteiger partial charge in [0.05, 0.1) is 18.8 Å². The Hall–Kier alpha value is -2.70. The molecule has 0 unspecified atom stereocenters. The van der Waals surface area contributed by atoms with Gasteiger partial charge in [-0.3, -0.25) is 19.6 Å². The van der Waals surface area contributed by atoms with Gasteiger partial charge in [-0.05, 0) is 24.8 Å². The monoisotopic (exact) mass is 340 g/mol. The number of fused-ring (bicyclic) bond motifs is 1. The van der Waals surface area contributed by atoms with Crippen LogP contribution in [0, 0.1) is 16.0 Å². The van der Waals surface area contributed by atoms with E-state index in [-0.39, 0.29) is 16.9 Å². The van der Waals surface area contributed by atoms with E-state index in [9.17, 15) is 14.9 Å². The molecule has 0 radical (unpaired) electrons. The molecule has 1 fully saturated rings. The zero-order valence-corrected chi connectivity index (χ0v) is 13.8. The minimum Gasteiger partial charge on any atom is -0.349 e. The second kappa shape index (κ2) is 6.31. The van der Waals surface area contributed by atoms with Crippen molar-refractivity contribution in [1.29, 1.82) is 0 Å². The highest BCUT2D eigenvalue weighted by Crippen LogP contribution is 2.35. The summed E-state index contributed by atoms with van der Waals surface area (Å²) in [5.74, 6) is -0.671. The molecular weight excluding hydrogens is 320 g/mol. The highest BCUT2D eigenvalue weighted by Gasteiger charge is 2.53. The second-order valence-electron chi connectivity index (χ2n) is 6.84. The molecular formula is C18H20N4O3. The van der Waals surface area contributed by atoms with Crippen LogP contribution >= 0.6 is 0 Å². The van der Waals surface area contributed by atoms with E-state index in [4.69, 9.17) is 0 Å². The third-order valence-corrected chi connectivity index (χ3v) is 5.12. The molecule has 0 spiro atoms. The number of nitrogens with zero attached hydrogens (tertiary/aromatic N) is 3. The molecule has 7 heteroatoms. The van der Waals surface area contributed by atoms with E-state index in [0.717, 1.165) is 30.5 Å². The Morgan fingerprint density at radius 2 is 2.16 bits per heavy atom. The van der Waals surface area contributed by atoms with Crippen molar-refractivity contribution < 1.29 is 9.72 Å². The van der Waals surface area contributed by atoms with Gasteiger partial charge in [-0.1, -0.05) is 30.3 Å². The minimum atomic E-state index is -0.705. The molecule has 1 amide bonds. The predicted molar refractivity (Wildman–Crippen MR) is 90.5 cm³/mol. The molecule has 0 saturated heterocycles. The van der Waals surface area contributed by atoms with Gasteiger partial charge in [0, 0.05) is 22.6 Å². The number of carbonyl (C=O) groups is 1. The summed E-state index contributed by atoms with van der Waals surface area (Å²) < 4.78 is 2.00. The third-order valence-electron chi connectivity index (χ3n) is 5.12. The van der Waals surface area contributed by atoms with Crippen LogP contribution in [-0.2, 0) is 17.8 Å². The SMILES string of the molecule is O=C(N[C@@H]1CCCc2c1cnn2Cc1ccccc1)[C@H]1C[C@H]1[N+](=O)[O-]. The molecule has 1 heterocycles. The molecule has 0 bridgehead atoms. The molecule has 1 aromatic carbocycles. The van der Waals surface area contributed by atoms with Gasteiger partial charge in [-0.25, -0.2) is 0 Å². The number of rotatable bonds is 5. The molecule has 130 valence electrons. The van der Waals surface area contributed by atoms with Crippen LogP contribution in [0.5, 0.6) is 0 Å². The standard InChI is InChI=1S/C18H20N4O3/c23-18(13-9-17(13)22(24)25)20-15-7-4-8-16-14(15)10-19-21(16)11-12-5-2-1-3-6-12/h1-3,5-6,10,13,15,17H,4,7-9,11H2,(H,20,23)/t13-,15+,17+/m0/s1. The summed E-state index contributed by atoms with van der Waals surface area (Å²) >= 11 is 0. The Morgan fingerprint density at radius 3 is 2.88 bits per heavy atom. The lowest BCUT2D eigenvalue weighted by molar-refractivity contribution is -0.497. The van der Waals surface area contributed by atoms with Crippen molar-refractivity contribution in [2.24, 2.45) is 5.92 Å². The van der Waals surface area contributed by atoms with Crippen LogP contribution in [0.1, 0.15) is 42.1 Å². The number of benzene rings is 1. The summed E-state index contributed by atoms with van der Waals surface area (Å²) in [5.41, 5.74) is 3.39. The number of nitrogens with one attached hydrogen (secondary N) is 1. The lowest BCUT2D eigenvalue weighted by atomic mass is 9.92. The Kier molecular flexibility index (Phi) is 3.99. The van der Waals surface area contributed by atoms with Gasteiger partial charge in [-0.2, -0.15) is 5.10 Å². The van der Waals surface area contributed by atoms with Gasteiger partial charge in [-0.15, -0.1) is 0 Å². The number of aromatic nitrogens is 2. The van der Waals surface area contributed by atoms with E-state index in [2.05, 4.69) is 22.5 Å². The van der Waals surface area contributed by atoms with E-state index in [1.807, 2.05) is 29.1 Å². The van der Waals surface area contributed by atoms with Crippen molar-refractivity contribution in [3.63, 3.8) is 0 Å². The topological polar surface area (TPSA) is 90.1 Å². The fraction of sp³-hybridized carbons (Fsp3) is 0.444. The highest BCUT2D eigenvalue weighted by atomic mass is 16.6. The molecule has 0 aliphatic heterocycles. The zero-order chi connectivity index (χ0) is 17.4. The lowest BCUT2D eigenvalue weighted by Gasteiger charge is -2.24. The first kappa shape index (κ1) is 15.8. The fourth-order valence-corrected chi connectivity index (χ4v) is 3.64. The molecule has 2 aliphatic rings. The van der Waals surface area contributed by atoms with Crippen molar-refractivity contribution in [2.75, 3.05) is 0 Å². The molecule has 3 atom stereocenters. The lowest BCUT2D eigenvalue weighted by Crippen LogP contribution is -2.33. The Balaban J connectivity index is 1.47. The van der Waals surface area contributed by atoms with E-state index in [0.29, 0.717) is 13.0 Å². The van der Waals surface area contributed by atoms with Crippen molar-refractivity contribution in [2.45, 2.75) is 44.3 Å². The number of amides is 1. The number of hydrogen-bond acceptors (Lipinski definition) is 4. The summed E-state index contributed by atoms with van der Waals surface area (Å²) in [6.07, 6.45) is 4.95. The minimum absolute atomic E-state index is 0.0891. The van der Waals surface area contributed by atoms with Crippen LogP contribution in [0.3, 0.4) is 0 Å². The summed E-state index contributed by atoms with van der Waals surface area (Å²) in [6, 6.07) is 9.36. The fourth-order valence-electron chi connectivity index (χ4n) is 3.64. The third kappa shape index (κ3) is 3.14. The normalized spacial score (nSPS) is 24.4. The maximum absolute atomic E-state index is 12.3. The van der Waals surface area contributed by atoms with Crippen LogP contribution < -0.4 is 5.32 Å². The molecule has 1 saturated carbocycles. The van der Waals surface area contributed by atoms with Crippen LogP contribution in [-0.4, -0.2) is 26.7 Å². The molecule has 2 aliphatic carbocycles. The maximum atomic E-state index is 12.3. The van der Waals surface area contributed by atoms with Crippen LogP contribution in [0.15, 0.2) is 36.5 Å². The summed E-state index contributed by atoms with van der Waals surface area (Å²) in [6.45, 7) is 0.711. The van der Waals surface area contributed by atoms with Crippen LogP contribution in [0.4, 0.5) is 0 Å². The average Bonchev–Trinajstić information content (AvgIpc) is 3.33. The Labute approximate surface area is 145 Å². The molecule has 2 aromatic rings. The van der Waals surface area contributed by atoms with Gasteiger partial charge >= 0.3 is 0 Å². The van der Waals surface area contributed by atoms with E-state index in [1.54, 1.807) is 0 Å². The van der Waals surface area contributed by atoms with Gasteiger partial charge in [0.1, 0.15) is 5.92 Å². The van der Waals surface area contributed by atoms with Gasteiger partial charge in [0.15, 0.2) is 0 Å². The Bertz CT molecular complexity index is 802. The van der Waals surface area contributed by atoms with Crippen molar-refractivity contribution in [1.82, 2.24) is 15.1 Å². The Morgan fingerprint density at radius 1 is 1.36 bits per heavy atom. The highest BCUT2D eigenvalue weighted by molar-refractivity contribution is 5.82. The molecule has 4 rings (SSSR count). The molecule has 1 N–H and O–H groups in total. The van der Waals surface area contributed by atoms with Crippen molar-refractivity contribution in [3.8, 4) is 0 Å². The van der Waals surface area contributed by atoms with Gasteiger partial charge < -0.3 is 5.32 Å². The number of hydrogen-bond donors (Lipinski definition) is 1. The summed E-state index contributed by atoms with van der Waals surface area (Å²) in [4.78, 5) is 22.7. The second-order valence-corrected chi connectivity index (χ2v) is 6.84. The molecule has 7 nitrogen and oxygen atoms in total. The van der Waals surface area contributed by atoms with E-state index >= 15 is 0 Å². The van der Waals surface area contributed by atoms with Gasteiger partial charge in [0.2, 0.25) is 11.9 Å². The number of nitro groups is 1. The average molecular weight is 340 g/mol. The first-order valence-corrected chi connectivity index (χ1v) is 8.66. The van der Waals surface area contributed by atoms with E-state index < -0.39 is 12.0 Å².